The molecule has 2 aromatic rings. The molecule has 0 amide bonds. The molecule has 1 aromatic heterocycles. The first-order valence-corrected chi connectivity index (χ1v) is 6.14. The number of rotatable bonds is 6. The van der Waals surface area contributed by atoms with Gasteiger partial charge in [0, 0.05) is 17.8 Å². The minimum absolute atomic E-state index is 0.0248. The Kier molecular flexibility index (Phi) is 4.14. The first kappa shape index (κ1) is 13.8. The molecule has 0 bridgehead atoms. The van der Waals surface area contributed by atoms with E-state index >= 15 is 0 Å². The highest BCUT2D eigenvalue weighted by Crippen LogP contribution is 2.28. The summed E-state index contributed by atoms with van der Waals surface area (Å²) in [6, 6.07) is 4.40. The fraction of sp³-hybridized carbons (Fsp3) is 0.333. The zero-order valence-electron chi connectivity index (χ0n) is 11.2. The summed E-state index contributed by atoms with van der Waals surface area (Å²) in [5.41, 5.74) is 0.565. The minimum atomic E-state index is -0.452. The molecule has 1 heterocycles. The van der Waals surface area contributed by atoms with Crippen molar-refractivity contribution in [1.29, 1.82) is 0 Å². The van der Waals surface area contributed by atoms with E-state index in [0.29, 0.717) is 23.9 Å². The molecule has 106 valence electrons. The number of benzene rings is 1. The van der Waals surface area contributed by atoms with Gasteiger partial charge >= 0.3 is 0 Å². The van der Waals surface area contributed by atoms with E-state index < -0.39 is 4.92 Å². The van der Waals surface area contributed by atoms with E-state index in [1.54, 1.807) is 6.07 Å². The normalized spacial score (nSPS) is 11.9. The zero-order valence-corrected chi connectivity index (χ0v) is 11.2. The lowest BCUT2D eigenvalue weighted by Crippen LogP contribution is -2.09. The first-order chi connectivity index (χ1) is 9.60. The predicted octanol–water partition coefficient (Wildman–Crippen LogP) is 2.28. The summed E-state index contributed by atoms with van der Waals surface area (Å²) in [5, 5.41) is 20.6. The van der Waals surface area contributed by atoms with Crippen molar-refractivity contribution in [3.8, 4) is 5.75 Å². The Bertz CT molecular complexity index is 585. The second kappa shape index (κ2) is 6.00. The van der Waals surface area contributed by atoms with Crippen LogP contribution in [0.25, 0.3) is 0 Å². The highest BCUT2D eigenvalue weighted by molar-refractivity contribution is 5.57. The third-order valence-corrected chi connectivity index (χ3v) is 2.64. The maximum Gasteiger partial charge on any atom is 0.275 e. The molecule has 2 rings (SSSR count). The van der Waals surface area contributed by atoms with Crippen molar-refractivity contribution in [3.63, 3.8) is 0 Å². The second-order valence-corrected chi connectivity index (χ2v) is 4.14. The quantitative estimate of drug-likeness (QED) is 0.619. The SMILES string of the molecule is CCOc1cc(NC(C)c2ncn[nH]2)cc([N+](=O)[O-])c1. The lowest BCUT2D eigenvalue weighted by molar-refractivity contribution is -0.384. The lowest BCUT2D eigenvalue weighted by Gasteiger charge is -2.13. The van der Waals surface area contributed by atoms with Gasteiger partial charge in [-0.3, -0.25) is 15.2 Å². The van der Waals surface area contributed by atoms with E-state index in [0.717, 1.165) is 0 Å². The van der Waals surface area contributed by atoms with Crippen molar-refractivity contribution < 1.29 is 9.66 Å². The van der Waals surface area contributed by atoms with Gasteiger partial charge in [-0.1, -0.05) is 0 Å². The number of nitrogens with zero attached hydrogens (tertiary/aromatic N) is 3. The van der Waals surface area contributed by atoms with Gasteiger partial charge < -0.3 is 10.1 Å². The van der Waals surface area contributed by atoms with Gasteiger partial charge in [-0.2, -0.15) is 5.10 Å². The van der Waals surface area contributed by atoms with Crippen LogP contribution in [0.4, 0.5) is 11.4 Å². The smallest absolute Gasteiger partial charge is 0.275 e. The number of ether oxygens (including phenoxy) is 1. The average molecular weight is 277 g/mol. The van der Waals surface area contributed by atoms with Gasteiger partial charge in [-0.15, -0.1) is 0 Å². The molecule has 1 unspecified atom stereocenters. The first-order valence-electron chi connectivity index (χ1n) is 6.14. The van der Waals surface area contributed by atoms with Gasteiger partial charge in [0.1, 0.15) is 17.9 Å². The molecule has 0 aliphatic heterocycles. The van der Waals surface area contributed by atoms with Gasteiger partial charge in [0.05, 0.1) is 23.6 Å². The number of nitro groups is 1. The van der Waals surface area contributed by atoms with Crippen molar-refractivity contribution in [3.05, 3.63) is 40.5 Å². The van der Waals surface area contributed by atoms with Gasteiger partial charge in [0.25, 0.3) is 5.69 Å². The molecular weight excluding hydrogens is 262 g/mol. The molecule has 0 radical (unpaired) electrons. The van der Waals surface area contributed by atoms with Crippen LogP contribution in [-0.2, 0) is 0 Å². The van der Waals surface area contributed by atoms with E-state index in [1.165, 1.54) is 18.5 Å². The maximum absolute atomic E-state index is 10.9. The number of nitro benzene ring substituents is 1. The van der Waals surface area contributed by atoms with Crippen LogP contribution in [0.15, 0.2) is 24.5 Å². The predicted molar refractivity (Wildman–Crippen MR) is 72.7 cm³/mol. The summed E-state index contributed by atoms with van der Waals surface area (Å²) < 4.78 is 5.33. The van der Waals surface area contributed by atoms with Crippen LogP contribution >= 0.6 is 0 Å². The van der Waals surface area contributed by atoms with Gasteiger partial charge in [0.15, 0.2) is 0 Å². The third-order valence-electron chi connectivity index (χ3n) is 2.64. The summed E-state index contributed by atoms with van der Waals surface area (Å²) in [6.07, 6.45) is 1.41. The van der Waals surface area contributed by atoms with Crippen LogP contribution in [0.5, 0.6) is 5.75 Å². The average Bonchev–Trinajstić information content (AvgIpc) is 2.92. The molecule has 20 heavy (non-hydrogen) atoms. The van der Waals surface area contributed by atoms with Crippen LogP contribution in [0, 0.1) is 10.1 Å². The molecule has 0 fully saturated rings. The molecule has 8 nitrogen and oxygen atoms in total. The topological polar surface area (TPSA) is 106 Å². The Morgan fingerprint density at radius 2 is 2.30 bits per heavy atom. The molecule has 1 atom stereocenters. The van der Waals surface area contributed by atoms with Crippen LogP contribution in [0.3, 0.4) is 0 Å². The number of H-pyrrole nitrogens is 1. The van der Waals surface area contributed by atoms with Gasteiger partial charge in [0.2, 0.25) is 0 Å². The number of aromatic amines is 1. The molecule has 0 saturated heterocycles. The molecule has 0 aliphatic rings. The Morgan fingerprint density at radius 1 is 1.50 bits per heavy atom. The summed E-state index contributed by atoms with van der Waals surface area (Å²) in [6.45, 7) is 4.14. The van der Waals surface area contributed by atoms with Crippen molar-refractivity contribution in [2.45, 2.75) is 19.9 Å². The van der Waals surface area contributed by atoms with E-state index in [-0.39, 0.29) is 11.7 Å². The second-order valence-electron chi connectivity index (χ2n) is 4.14. The zero-order chi connectivity index (χ0) is 14.5. The van der Waals surface area contributed by atoms with Crippen molar-refractivity contribution in [2.24, 2.45) is 0 Å². The van der Waals surface area contributed by atoms with E-state index in [4.69, 9.17) is 4.74 Å². The summed E-state index contributed by atoms with van der Waals surface area (Å²) in [5.74, 6) is 1.10. The molecule has 8 heteroatoms. The van der Waals surface area contributed by atoms with Crippen LogP contribution in [0.1, 0.15) is 25.7 Å². The number of hydrogen-bond donors (Lipinski definition) is 2. The Hall–Kier alpha value is -2.64. The number of anilines is 1. The maximum atomic E-state index is 10.9. The van der Waals surface area contributed by atoms with Gasteiger partial charge in [-0.25, -0.2) is 4.98 Å². The Balaban J connectivity index is 2.23. The van der Waals surface area contributed by atoms with Crippen LogP contribution in [-0.4, -0.2) is 26.7 Å². The fourth-order valence-electron chi connectivity index (χ4n) is 1.76. The number of non-ortho nitro benzene ring substituents is 1. The third kappa shape index (κ3) is 3.22. The Morgan fingerprint density at radius 3 is 2.90 bits per heavy atom. The monoisotopic (exact) mass is 277 g/mol. The van der Waals surface area contributed by atoms with Crippen LogP contribution in [0.2, 0.25) is 0 Å². The highest BCUT2D eigenvalue weighted by atomic mass is 16.6. The molecule has 0 saturated carbocycles. The van der Waals surface area contributed by atoms with Crippen molar-refractivity contribution in [2.75, 3.05) is 11.9 Å². The van der Waals surface area contributed by atoms with Crippen molar-refractivity contribution >= 4 is 11.4 Å². The van der Waals surface area contributed by atoms with E-state index in [9.17, 15) is 10.1 Å². The summed E-state index contributed by atoms with van der Waals surface area (Å²) in [4.78, 5) is 14.5. The number of aromatic nitrogens is 3. The van der Waals surface area contributed by atoms with Gasteiger partial charge in [-0.05, 0) is 13.8 Å². The number of hydrogen-bond acceptors (Lipinski definition) is 6. The van der Waals surface area contributed by atoms with Crippen molar-refractivity contribution in [1.82, 2.24) is 15.2 Å². The molecule has 2 N–H and O–H groups in total. The number of nitrogens with one attached hydrogen (secondary N) is 2. The molecular formula is C12H15N5O3. The molecule has 1 aromatic carbocycles. The molecule has 0 aliphatic carbocycles. The van der Waals surface area contributed by atoms with E-state index in [1.807, 2.05) is 13.8 Å². The fourth-order valence-corrected chi connectivity index (χ4v) is 1.76. The Labute approximate surface area is 115 Å². The van der Waals surface area contributed by atoms with Crippen LogP contribution < -0.4 is 10.1 Å². The largest absolute Gasteiger partial charge is 0.494 e. The summed E-state index contributed by atoms with van der Waals surface area (Å²) >= 11 is 0. The highest BCUT2D eigenvalue weighted by Gasteiger charge is 2.13. The molecule has 0 spiro atoms. The minimum Gasteiger partial charge on any atom is -0.494 e. The standard InChI is InChI=1S/C12H15N5O3/c1-3-20-11-5-9(4-10(6-11)17(18)19)15-8(2)12-13-7-14-16-12/h4-8,15H,3H2,1-2H3,(H,13,14,16). The summed E-state index contributed by atoms with van der Waals surface area (Å²) in [7, 11) is 0. The van der Waals surface area contributed by atoms with E-state index in [2.05, 4.69) is 20.5 Å². The lowest BCUT2D eigenvalue weighted by atomic mass is 10.2.